The molecule has 3 rings (SSSR count). The molecule has 0 saturated carbocycles. The number of nitrogens with one attached hydrogen (secondary N) is 2. The minimum atomic E-state index is -1.07. The smallest absolute Gasteiger partial charge is 0.305 e. The van der Waals surface area contributed by atoms with Crippen LogP contribution in [0, 0.1) is 0 Å². The summed E-state index contributed by atoms with van der Waals surface area (Å²) in [6, 6.07) is 9.18. The third-order valence-electron chi connectivity index (χ3n) is 4.65. The predicted molar refractivity (Wildman–Crippen MR) is 107 cm³/mol. The second-order valence-electron chi connectivity index (χ2n) is 6.90. The minimum Gasteiger partial charge on any atom is -0.481 e. The molecule has 1 aromatic heterocycles. The number of carbonyl (C=O) groups is 3. The molecule has 0 spiro atoms. The summed E-state index contributed by atoms with van der Waals surface area (Å²) in [5.41, 5.74) is 2.15. The lowest BCUT2D eigenvalue weighted by atomic mass is 10.1. The lowest BCUT2D eigenvalue weighted by Crippen LogP contribution is -2.39. The number of rotatable bonds is 6. The Morgan fingerprint density at radius 2 is 2.10 bits per heavy atom. The van der Waals surface area contributed by atoms with Gasteiger partial charge in [0, 0.05) is 37.6 Å². The Morgan fingerprint density at radius 3 is 2.83 bits per heavy atom. The number of aromatic nitrogens is 1. The molecule has 30 heavy (non-hydrogen) atoms. The van der Waals surface area contributed by atoms with Crippen LogP contribution in [0.2, 0.25) is 0 Å². The summed E-state index contributed by atoms with van der Waals surface area (Å²) in [6.45, 7) is 0.831. The fourth-order valence-corrected chi connectivity index (χ4v) is 3.16. The van der Waals surface area contributed by atoms with E-state index in [2.05, 4.69) is 15.6 Å². The summed E-state index contributed by atoms with van der Waals surface area (Å²) in [5.74, 6) is -1.68. The molecule has 0 saturated heterocycles. The Kier molecular flexibility index (Phi) is 6.35. The third kappa shape index (κ3) is 4.96. The van der Waals surface area contributed by atoms with E-state index in [0.29, 0.717) is 16.7 Å². The van der Waals surface area contributed by atoms with Gasteiger partial charge in [-0.05, 0) is 35.9 Å². The summed E-state index contributed by atoms with van der Waals surface area (Å²) in [5, 5.41) is 24.4. The maximum atomic E-state index is 12.5. The van der Waals surface area contributed by atoms with Gasteiger partial charge in [-0.1, -0.05) is 6.07 Å². The van der Waals surface area contributed by atoms with Crippen molar-refractivity contribution >= 4 is 23.5 Å². The van der Waals surface area contributed by atoms with Crippen LogP contribution in [0.1, 0.15) is 22.3 Å². The van der Waals surface area contributed by atoms with Gasteiger partial charge in [0.25, 0.3) is 5.91 Å². The number of hydrogen-bond acceptors (Lipinski definition) is 6. The average Bonchev–Trinajstić information content (AvgIpc) is 2.82. The van der Waals surface area contributed by atoms with Crippen LogP contribution in [0.15, 0.2) is 47.6 Å². The summed E-state index contributed by atoms with van der Waals surface area (Å²) in [6.07, 6.45) is 1.13. The maximum absolute atomic E-state index is 12.5. The number of likely N-dealkylation sites (N-methyl/N-ethyl adjacent to an activating group) is 1. The molecule has 1 aliphatic rings. The van der Waals surface area contributed by atoms with E-state index in [4.69, 9.17) is 5.11 Å². The van der Waals surface area contributed by atoms with Crippen molar-refractivity contribution < 1.29 is 24.7 Å². The monoisotopic (exact) mass is 413 g/mol. The molecule has 10 nitrogen and oxygen atoms in total. The second kappa shape index (κ2) is 9.12. The molecular weight excluding hydrogens is 390 g/mol. The van der Waals surface area contributed by atoms with Crippen molar-refractivity contribution in [3.05, 3.63) is 59.2 Å². The number of carboxylic acids is 1. The number of nitrogens with zero attached hydrogens (tertiary/aromatic N) is 3. The number of pyridine rings is 1. The number of aliphatic carboxylic acids is 1. The molecule has 1 aromatic carbocycles. The average molecular weight is 413 g/mol. The van der Waals surface area contributed by atoms with Crippen molar-refractivity contribution in [3.8, 4) is 0 Å². The van der Waals surface area contributed by atoms with Gasteiger partial charge in [-0.2, -0.15) is 4.73 Å². The van der Waals surface area contributed by atoms with E-state index in [1.165, 1.54) is 11.1 Å². The van der Waals surface area contributed by atoms with Crippen LogP contribution < -0.4 is 16.1 Å². The normalized spacial score (nSPS) is 16.4. The molecule has 1 atom stereocenters. The number of benzene rings is 1. The summed E-state index contributed by atoms with van der Waals surface area (Å²) in [4.78, 5) is 41.5. The largest absolute Gasteiger partial charge is 0.481 e. The number of hydrogen-bond donors (Lipinski definition) is 4. The molecule has 0 unspecified atom stereocenters. The molecular formula is C20H23N5O5. The second-order valence-corrected chi connectivity index (χ2v) is 6.90. The van der Waals surface area contributed by atoms with Gasteiger partial charge in [0.1, 0.15) is 6.04 Å². The number of carbonyl (C=O) groups excluding carboxylic acids is 2. The Hall–Kier alpha value is -3.82. The first-order valence-electron chi connectivity index (χ1n) is 9.37. The number of carboxylic acid groups (broad SMARTS) is 1. The van der Waals surface area contributed by atoms with Crippen molar-refractivity contribution in [2.45, 2.75) is 19.0 Å². The van der Waals surface area contributed by atoms with Crippen LogP contribution in [-0.2, 0) is 16.1 Å². The molecule has 2 aromatic rings. The zero-order valence-electron chi connectivity index (χ0n) is 16.4. The lowest BCUT2D eigenvalue weighted by molar-refractivity contribution is -0.141. The zero-order chi connectivity index (χ0) is 21.7. The highest BCUT2D eigenvalue weighted by molar-refractivity contribution is 5.95. The highest BCUT2D eigenvalue weighted by atomic mass is 16.5. The van der Waals surface area contributed by atoms with E-state index in [1.54, 1.807) is 43.4 Å². The molecule has 2 heterocycles. The number of amides is 2. The Balaban J connectivity index is 1.67. The molecule has 10 heteroatoms. The quantitative estimate of drug-likeness (QED) is 0.397. The van der Waals surface area contributed by atoms with Gasteiger partial charge in [-0.15, -0.1) is 0 Å². The van der Waals surface area contributed by atoms with Gasteiger partial charge in [-0.3, -0.25) is 19.4 Å². The van der Waals surface area contributed by atoms with Crippen LogP contribution in [0.3, 0.4) is 0 Å². The number of fused-ring (bicyclic) bond motifs is 1. The van der Waals surface area contributed by atoms with Crippen molar-refractivity contribution in [2.75, 3.05) is 25.5 Å². The first kappa shape index (κ1) is 20.9. The molecule has 0 bridgehead atoms. The molecule has 158 valence electrons. The molecule has 0 aliphatic carbocycles. The van der Waals surface area contributed by atoms with Crippen LogP contribution in [0.25, 0.3) is 0 Å². The van der Waals surface area contributed by atoms with E-state index in [1.807, 2.05) is 0 Å². The van der Waals surface area contributed by atoms with E-state index < -0.39 is 12.0 Å². The van der Waals surface area contributed by atoms with Crippen LogP contribution in [0.5, 0.6) is 0 Å². The van der Waals surface area contributed by atoms with E-state index in [0.717, 1.165) is 10.3 Å². The molecule has 2 amide bonds. The van der Waals surface area contributed by atoms with Gasteiger partial charge in [0.15, 0.2) is 5.49 Å². The van der Waals surface area contributed by atoms with Crippen molar-refractivity contribution in [1.29, 1.82) is 0 Å². The van der Waals surface area contributed by atoms with Gasteiger partial charge < -0.3 is 25.8 Å². The van der Waals surface area contributed by atoms with E-state index >= 15 is 0 Å². The Morgan fingerprint density at radius 1 is 1.30 bits per heavy atom. The SMILES string of the molecule is CN1Cc2cc(C(=O)NCCN=c3ccccn3O)ccc2N[C@@H](CC(=O)O)C1=O. The van der Waals surface area contributed by atoms with Gasteiger partial charge >= 0.3 is 5.97 Å². The van der Waals surface area contributed by atoms with Gasteiger partial charge in [0.2, 0.25) is 5.91 Å². The lowest BCUT2D eigenvalue weighted by Gasteiger charge is -2.19. The minimum absolute atomic E-state index is 0.262. The first-order valence-corrected chi connectivity index (χ1v) is 9.37. The maximum Gasteiger partial charge on any atom is 0.305 e. The van der Waals surface area contributed by atoms with Crippen molar-refractivity contribution in [3.63, 3.8) is 0 Å². The predicted octanol–water partition coefficient (Wildman–Crippen LogP) is 0.283. The van der Waals surface area contributed by atoms with Crippen LogP contribution in [0.4, 0.5) is 5.69 Å². The molecule has 0 fully saturated rings. The standard InChI is InChI=1S/C20H23N5O5/c1-24-12-14-10-13(5-6-15(14)23-16(20(24)29)11-18(26)27)19(28)22-8-7-21-17-4-2-3-9-25(17)30/h2-6,9-10,16,23,30H,7-8,11-12H2,1H3,(H,22,28)(H,26,27)/t16-/m0/s1. The summed E-state index contributed by atoms with van der Waals surface area (Å²) in [7, 11) is 1.60. The molecule has 4 N–H and O–H groups in total. The first-order chi connectivity index (χ1) is 14.3. The van der Waals surface area contributed by atoms with Gasteiger partial charge in [0.05, 0.1) is 13.0 Å². The highest BCUT2D eigenvalue weighted by Gasteiger charge is 2.29. The number of anilines is 1. The topological polar surface area (TPSA) is 136 Å². The summed E-state index contributed by atoms with van der Waals surface area (Å²) >= 11 is 0. The molecule has 1 aliphatic heterocycles. The third-order valence-corrected chi connectivity index (χ3v) is 4.65. The van der Waals surface area contributed by atoms with Crippen molar-refractivity contribution in [2.24, 2.45) is 4.99 Å². The van der Waals surface area contributed by atoms with E-state index in [9.17, 15) is 19.6 Å². The van der Waals surface area contributed by atoms with E-state index in [-0.39, 0.29) is 37.9 Å². The molecule has 0 radical (unpaired) electrons. The Labute approximate surface area is 172 Å². The summed E-state index contributed by atoms with van der Waals surface area (Å²) < 4.78 is 0.900. The fraction of sp³-hybridized carbons (Fsp3) is 0.300. The highest BCUT2D eigenvalue weighted by Crippen LogP contribution is 2.24. The van der Waals surface area contributed by atoms with Crippen molar-refractivity contribution in [1.82, 2.24) is 14.9 Å². The van der Waals surface area contributed by atoms with Crippen LogP contribution in [-0.4, -0.2) is 63.9 Å². The zero-order valence-corrected chi connectivity index (χ0v) is 16.4. The van der Waals surface area contributed by atoms with Gasteiger partial charge in [-0.25, -0.2) is 0 Å². The van der Waals surface area contributed by atoms with Crippen LogP contribution >= 0.6 is 0 Å². The Bertz CT molecular complexity index is 1030. The fourth-order valence-electron chi connectivity index (χ4n) is 3.16.